The highest BCUT2D eigenvalue weighted by Crippen LogP contribution is 2.32. The molecule has 2 rings (SSSR count). The van der Waals surface area contributed by atoms with Gasteiger partial charge in [0.2, 0.25) is 0 Å². The van der Waals surface area contributed by atoms with Crippen LogP contribution in [0.25, 0.3) is 6.08 Å². The highest BCUT2D eigenvalue weighted by Gasteiger charge is 2.09. The summed E-state index contributed by atoms with van der Waals surface area (Å²) >= 11 is 0. The summed E-state index contributed by atoms with van der Waals surface area (Å²) in [5.41, 5.74) is 1.36. The first-order valence-corrected chi connectivity index (χ1v) is 7.35. The van der Waals surface area contributed by atoms with Crippen LogP contribution < -0.4 is 14.2 Å². The van der Waals surface area contributed by atoms with Crippen LogP contribution in [0.3, 0.4) is 0 Å². The van der Waals surface area contributed by atoms with Crippen LogP contribution in [-0.2, 0) is 0 Å². The van der Waals surface area contributed by atoms with Gasteiger partial charge in [-0.25, -0.2) is 0 Å². The Hall–Kier alpha value is -2.75. The number of ether oxygens (including phenoxy) is 3. The van der Waals surface area contributed by atoms with Crippen LogP contribution in [0.4, 0.5) is 0 Å². The zero-order valence-corrected chi connectivity index (χ0v) is 13.5. The minimum absolute atomic E-state index is 0.104. The Morgan fingerprint density at radius 2 is 1.87 bits per heavy atom. The molecule has 0 bridgehead atoms. The number of carbonyl (C=O) groups excluding carboxylic acids is 1. The number of rotatable bonds is 7. The fraction of sp³-hybridized carbons (Fsp3) is 0.211. The molecule has 0 fully saturated rings. The average Bonchev–Trinajstić information content (AvgIpc) is 2.60. The van der Waals surface area contributed by atoms with E-state index < -0.39 is 0 Å². The molecule has 0 saturated carbocycles. The van der Waals surface area contributed by atoms with Crippen LogP contribution in [0.1, 0.15) is 22.8 Å². The molecule has 4 nitrogen and oxygen atoms in total. The van der Waals surface area contributed by atoms with Crippen molar-refractivity contribution < 1.29 is 19.0 Å². The summed E-state index contributed by atoms with van der Waals surface area (Å²) in [6, 6.07) is 12.6. The molecule has 0 unspecified atom stereocenters. The van der Waals surface area contributed by atoms with Crippen LogP contribution in [0, 0.1) is 0 Å². The van der Waals surface area contributed by atoms with Crippen molar-refractivity contribution in [2.45, 2.75) is 6.92 Å². The Kier molecular flexibility index (Phi) is 5.80. The molecule has 2 aromatic carbocycles. The third-order valence-corrected chi connectivity index (χ3v) is 3.28. The van der Waals surface area contributed by atoms with E-state index in [1.165, 1.54) is 6.08 Å². The number of benzene rings is 2. The third-order valence-electron chi connectivity index (χ3n) is 3.28. The third kappa shape index (κ3) is 4.13. The van der Waals surface area contributed by atoms with Crippen molar-refractivity contribution in [3.05, 3.63) is 59.7 Å². The van der Waals surface area contributed by atoms with Crippen molar-refractivity contribution in [1.29, 1.82) is 0 Å². The van der Waals surface area contributed by atoms with Crippen molar-refractivity contribution in [3.63, 3.8) is 0 Å². The van der Waals surface area contributed by atoms with Gasteiger partial charge in [0, 0.05) is 11.1 Å². The van der Waals surface area contributed by atoms with E-state index in [2.05, 4.69) is 0 Å². The topological polar surface area (TPSA) is 44.8 Å². The largest absolute Gasteiger partial charge is 0.497 e. The Morgan fingerprint density at radius 3 is 2.57 bits per heavy atom. The second-order valence-corrected chi connectivity index (χ2v) is 4.74. The summed E-state index contributed by atoms with van der Waals surface area (Å²) < 4.78 is 16.1. The highest BCUT2D eigenvalue weighted by molar-refractivity contribution is 6.07. The lowest BCUT2D eigenvalue weighted by Crippen LogP contribution is -1.97. The summed E-state index contributed by atoms with van der Waals surface area (Å²) in [5.74, 6) is 1.82. The number of hydrogen-bond acceptors (Lipinski definition) is 4. The van der Waals surface area contributed by atoms with E-state index in [9.17, 15) is 4.79 Å². The molecule has 0 aliphatic carbocycles. The van der Waals surface area contributed by atoms with Gasteiger partial charge in [-0.15, -0.1) is 0 Å². The zero-order chi connectivity index (χ0) is 16.7. The lowest BCUT2D eigenvalue weighted by Gasteiger charge is -2.11. The number of ketones is 1. The number of carbonyl (C=O) groups is 1. The first-order valence-electron chi connectivity index (χ1n) is 7.35. The molecule has 0 amide bonds. The van der Waals surface area contributed by atoms with E-state index in [0.717, 1.165) is 5.56 Å². The molecule has 0 spiro atoms. The van der Waals surface area contributed by atoms with Crippen LogP contribution in [-0.4, -0.2) is 26.6 Å². The standard InChI is InChI=1S/C19H20O4/c1-4-23-18-10-6-7-14(19(18)22-3)11-12-17(20)15-8-5-9-16(13-15)21-2/h5-13H,4H2,1-3H3/b12-11+. The predicted molar refractivity (Wildman–Crippen MR) is 90.5 cm³/mol. The molecular formula is C19H20O4. The van der Waals surface area contributed by atoms with Crippen molar-refractivity contribution in [2.75, 3.05) is 20.8 Å². The first kappa shape index (κ1) is 16.6. The molecule has 120 valence electrons. The molecule has 0 heterocycles. The van der Waals surface area contributed by atoms with Crippen LogP contribution in [0.15, 0.2) is 48.5 Å². The minimum atomic E-state index is -0.104. The van der Waals surface area contributed by atoms with E-state index in [4.69, 9.17) is 14.2 Å². The molecular weight excluding hydrogens is 292 g/mol. The summed E-state index contributed by atoms with van der Waals surface area (Å²) in [5, 5.41) is 0. The van der Waals surface area contributed by atoms with Crippen LogP contribution in [0.5, 0.6) is 17.2 Å². The van der Waals surface area contributed by atoms with E-state index in [1.54, 1.807) is 44.6 Å². The number of hydrogen-bond donors (Lipinski definition) is 0. The van der Waals surface area contributed by atoms with Gasteiger partial charge in [-0.1, -0.05) is 24.3 Å². The number of methoxy groups -OCH3 is 2. The Labute approximate surface area is 136 Å². The normalized spacial score (nSPS) is 10.6. The molecule has 0 N–H and O–H groups in total. The molecule has 0 saturated heterocycles. The smallest absolute Gasteiger partial charge is 0.185 e. The van der Waals surface area contributed by atoms with E-state index in [1.807, 2.05) is 25.1 Å². The minimum Gasteiger partial charge on any atom is -0.497 e. The van der Waals surface area contributed by atoms with Gasteiger partial charge in [0.15, 0.2) is 17.3 Å². The second kappa shape index (κ2) is 8.03. The maximum Gasteiger partial charge on any atom is 0.185 e. The monoisotopic (exact) mass is 312 g/mol. The lowest BCUT2D eigenvalue weighted by molar-refractivity contribution is 0.104. The SMILES string of the molecule is CCOc1cccc(/C=C/C(=O)c2cccc(OC)c2)c1OC. The van der Waals surface area contributed by atoms with Crippen molar-refractivity contribution in [3.8, 4) is 17.2 Å². The van der Waals surface area contributed by atoms with Crippen molar-refractivity contribution in [1.82, 2.24) is 0 Å². The number of para-hydroxylation sites is 1. The maximum atomic E-state index is 12.3. The fourth-order valence-electron chi connectivity index (χ4n) is 2.19. The zero-order valence-electron chi connectivity index (χ0n) is 13.5. The van der Waals surface area contributed by atoms with Gasteiger partial charge in [-0.3, -0.25) is 4.79 Å². The fourth-order valence-corrected chi connectivity index (χ4v) is 2.19. The van der Waals surface area contributed by atoms with Gasteiger partial charge >= 0.3 is 0 Å². The molecule has 0 aliphatic heterocycles. The molecule has 23 heavy (non-hydrogen) atoms. The molecule has 0 radical (unpaired) electrons. The molecule has 0 aromatic heterocycles. The highest BCUT2D eigenvalue weighted by atomic mass is 16.5. The van der Waals surface area contributed by atoms with Gasteiger partial charge in [0.25, 0.3) is 0 Å². The first-order chi connectivity index (χ1) is 11.2. The quantitative estimate of drug-likeness (QED) is 0.572. The van der Waals surface area contributed by atoms with E-state index in [0.29, 0.717) is 29.4 Å². The van der Waals surface area contributed by atoms with E-state index >= 15 is 0 Å². The summed E-state index contributed by atoms with van der Waals surface area (Å²) in [4.78, 5) is 12.3. The summed E-state index contributed by atoms with van der Waals surface area (Å²) in [7, 11) is 3.16. The van der Waals surface area contributed by atoms with Gasteiger partial charge in [-0.2, -0.15) is 0 Å². The molecule has 0 aliphatic rings. The molecule has 2 aromatic rings. The van der Waals surface area contributed by atoms with Gasteiger partial charge in [0.1, 0.15) is 5.75 Å². The van der Waals surface area contributed by atoms with Crippen molar-refractivity contribution >= 4 is 11.9 Å². The lowest BCUT2D eigenvalue weighted by atomic mass is 10.1. The summed E-state index contributed by atoms with van der Waals surface area (Å²) in [6.07, 6.45) is 3.24. The Bertz CT molecular complexity index is 704. The predicted octanol–water partition coefficient (Wildman–Crippen LogP) is 4.00. The summed E-state index contributed by atoms with van der Waals surface area (Å²) in [6.45, 7) is 2.46. The Morgan fingerprint density at radius 1 is 1.09 bits per heavy atom. The van der Waals surface area contributed by atoms with Crippen LogP contribution >= 0.6 is 0 Å². The maximum absolute atomic E-state index is 12.3. The van der Waals surface area contributed by atoms with Crippen molar-refractivity contribution in [2.24, 2.45) is 0 Å². The van der Waals surface area contributed by atoms with Gasteiger partial charge < -0.3 is 14.2 Å². The van der Waals surface area contributed by atoms with E-state index in [-0.39, 0.29) is 5.78 Å². The number of allylic oxidation sites excluding steroid dienone is 1. The molecule has 4 heteroatoms. The van der Waals surface area contributed by atoms with Gasteiger partial charge in [-0.05, 0) is 37.3 Å². The molecule has 0 atom stereocenters. The average molecular weight is 312 g/mol. The van der Waals surface area contributed by atoms with Gasteiger partial charge in [0.05, 0.1) is 20.8 Å². The second-order valence-electron chi connectivity index (χ2n) is 4.74. The Balaban J connectivity index is 2.25. The van der Waals surface area contributed by atoms with Crippen LogP contribution in [0.2, 0.25) is 0 Å².